The maximum absolute atomic E-state index is 11.9. The minimum absolute atomic E-state index is 0.0351. The molecule has 164 valence electrons. The molecule has 3 aliphatic rings. The van der Waals surface area contributed by atoms with Crippen LogP contribution in [0.1, 0.15) is 72.1 Å². The molecule has 3 aliphatic carbocycles. The van der Waals surface area contributed by atoms with Gasteiger partial charge in [0.1, 0.15) is 5.76 Å². The van der Waals surface area contributed by atoms with E-state index in [4.69, 9.17) is 4.74 Å². The molecule has 0 radical (unpaired) electrons. The van der Waals surface area contributed by atoms with Crippen molar-refractivity contribution in [3.05, 3.63) is 34.6 Å². The van der Waals surface area contributed by atoms with Gasteiger partial charge in [0.15, 0.2) is 17.3 Å². The van der Waals surface area contributed by atoms with E-state index in [1.165, 1.54) is 5.57 Å². The van der Waals surface area contributed by atoms with Gasteiger partial charge in [-0.05, 0) is 51.5 Å². The van der Waals surface area contributed by atoms with Crippen LogP contribution in [0.5, 0.6) is 0 Å². The van der Waals surface area contributed by atoms with E-state index in [-0.39, 0.29) is 36.7 Å². The molecule has 30 heavy (non-hydrogen) atoms. The van der Waals surface area contributed by atoms with Gasteiger partial charge in [-0.3, -0.25) is 19.2 Å². The summed E-state index contributed by atoms with van der Waals surface area (Å²) in [7, 11) is 0. The fourth-order valence-electron chi connectivity index (χ4n) is 3.65. The Morgan fingerprint density at radius 1 is 1.00 bits per heavy atom. The smallest absolute Gasteiger partial charge is 0.309 e. The number of allylic oxidation sites excluding steroid dienone is 6. The zero-order valence-electron chi connectivity index (χ0n) is 18.2. The van der Waals surface area contributed by atoms with Gasteiger partial charge < -0.3 is 9.84 Å². The number of Topliss-reactive ketones (excluding diaryl/α,β-unsaturated/α-hetero) is 3. The van der Waals surface area contributed by atoms with Crippen LogP contribution in [0.25, 0.3) is 0 Å². The van der Waals surface area contributed by atoms with E-state index in [0.717, 1.165) is 44.1 Å². The van der Waals surface area contributed by atoms with Gasteiger partial charge in [-0.25, -0.2) is 0 Å². The van der Waals surface area contributed by atoms with Gasteiger partial charge in [0, 0.05) is 25.2 Å². The van der Waals surface area contributed by atoms with Crippen molar-refractivity contribution in [3.8, 4) is 0 Å². The Balaban J connectivity index is 0.000000232. The van der Waals surface area contributed by atoms with Crippen LogP contribution in [0.2, 0.25) is 0 Å². The first-order chi connectivity index (χ1) is 14.3. The molecule has 6 heteroatoms. The lowest BCUT2D eigenvalue weighted by Crippen LogP contribution is -2.32. The molecular formula is C24H32O6. The quantitative estimate of drug-likeness (QED) is 0.227. The minimum Gasteiger partial charge on any atom is -0.511 e. The first-order valence-corrected chi connectivity index (χ1v) is 10.8. The number of aliphatic hydroxyl groups excluding tert-OH is 1. The Hall–Kier alpha value is -2.50. The number of rotatable bonds is 6. The van der Waals surface area contributed by atoms with E-state index in [0.29, 0.717) is 5.78 Å². The average molecular weight is 417 g/mol. The third kappa shape index (κ3) is 6.25. The average Bonchev–Trinajstić information content (AvgIpc) is 3.50. The summed E-state index contributed by atoms with van der Waals surface area (Å²) < 4.78 is 4.81. The van der Waals surface area contributed by atoms with Crippen molar-refractivity contribution in [1.82, 2.24) is 0 Å². The van der Waals surface area contributed by atoms with Crippen molar-refractivity contribution in [3.63, 3.8) is 0 Å². The summed E-state index contributed by atoms with van der Waals surface area (Å²) in [4.78, 5) is 46.5. The lowest BCUT2D eigenvalue weighted by molar-refractivity contribution is -0.151. The number of esters is 1. The van der Waals surface area contributed by atoms with Gasteiger partial charge in [0.2, 0.25) is 0 Å². The zero-order chi connectivity index (χ0) is 22.3. The lowest BCUT2D eigenvalue weighted by Gasteiger charge is -2.21. The van der Waals surface area contributed by atoms with E-state index in [9.17, 15) is 24.3 Å². The number of aliphatic hydroxyl groups is 1. The maximum atomic E-state index is 11.9. The van der Waals surface area contributed by atoms with Gasteiger partial charge >= 0.3 is 5.97 Å². The molecule has 3 rings (SSSR count). The van der Waals surface area contributed by atoms with E-state index >= 15 is 0 Å². The zero-order valence-corrected chi connectivity index (χ0v) is 18.2. The summed E-state index contributed by atoms with van der Waals surface area (Å²) in [6.45, 7) is 6.08. The fraction of sp³-hybridized carbons (Fsp3) is 0.583. The molecule has 0 aliphatic heterocycles. The highest BCUT2D eigenvalue weighted by molar-refractivity contribution is 6.23. The normalized spacial score (nSPS) is 21.8. The summed E-state index contributed by atoms with van der Waals surface area (Å²) in [5.74, 6) is -1.83. The molecule has 1 N–H and O–H groups in total. The van der Waals surface area contributed by atoms with E-state index in [1.54, 1.807) is 6.92 Å². The SMILES string of the molecule is CC/C=C\CC1=C(C)CCC1=O.CCOC(=O)C1CC(=O)C(=C(O)C2CC2)C(=O)C1. The molecule has 0 heterocycles. The van der Waals surface area contributed by atoms with Crippen molar-refractivity contribution < 1.29 is 29.0 Å². The van der Waals surface area contributed by atoms with Crippen LogP contribution < -0.4 is 0 Å². The second kappa shape index (κ2) is 11.0. The molecule has 0 aromatic heterocycles. The number of carbonyl (C=O) groups excluding carboxylic acids is 4. The Labute approximate surface area is 178 Å². The molecule has 0 atom stereocenters. The summed E-state index contributed by atoms with van der Waals surface area (Å²) in [5, 5.41) is 9.80. The number of ether oxygens (including phenoxy) is 1. The molecule has 0 unspecified atom stereocenters. The number of hydrogen-bond donors (Lipinski definition) is 1. The number of hydrogen-bond acceptors (Lipinski definition) is 6. The fourth-order valence-corrected chi connectivity index (χ4v) is 3.65. The summed E-state index contributed by atoms with van der Waals surface area (Å²) in [6, 6.07) is 0. The molecule has 0 aromatic rings. The first kappa shape index (κ1) is 23.8. The van der Waals surface area contributed by atoms with Gasteiger partial charge in [-0.1, -0.05) is 24.6 Å². The minimum atomic E-state index is -0.694. The molecular weight excluding hydrogens is 384 g/mol. The molecule has 0 amide bonds. The second-order valence-corrected chi connectivity index (χ2v) is 8.00. The van der Waals surface area contributed by atoms with Crippen LogP contribution in [0.3, 0.4) is 0 Å². The summed E-state index contributed by atoms with van der Waals surface area (Å²) in [6.07, 6.45) is 9.38. The van der Waals surface area contributed by atoms with E-state index in [2.05, 4.69) is 26.0 Å². The largest absolute Gasteiger partial charge is 0.511 e. The van der Waals surface area contributed by atoms with E-state index in [1.807, 2.05) is 0 Å². The summed E-state index contributed by atoms with van der Waals surface area (Å²) in [5.41, 5.74) is 2.26. The highest BCUT2D eigenvalue weighted by Gasteiger charge is 2.40. The van der Waals surface area contributed by atoms with Crippen LogP contribution >= 0.6 is 0 Å². The van der Waals surface area contributed by atoms with E-state index < -0.39 is 23.5 Å². The Morgan fingerprint density at radius 3 is 2.10 bits per heavy atom. The summed E-state index contributed by atoms with van der Waals surface area (Å²) >= 11 is 0. The van der Waals surface area contributed by atoms with Crippen LogP contribution in [0.15, 0.2) is 34.6 Å². The van der Waals surface area contributed by atoms with Crippen LogP contribution in [-0.4, -0.2) is 35.0 Å². The molecule has 6 nitrogen and oxygen atoms in total. The highest BCUT2D eigenvalue weighted by Crippen LogP contribution is 2.38. The van der Waals surface area contributed by atoms with Gasteiger partial charge in [0.05, 0.1) is 18.1 Å². The predicted molar refractivity (Wildman–Crippen MR) is 113 cm³/mol. The lowest BCUT2D eigenvalue weighted by atomic mass is 9.82. The third-order valence-electron chi connectivity index (χ3n) is 5.56. The van der Waals surface area contributed by atoms with Crippen LogP contribution in [0, 0.1) is 11.8 Å². The predicted octanol–water partition coefficient (Wildman–Crippen LogP) is 4.34. The Kier molecular flexibility index (Phi) is 8.75. The molecule has 2 saturated carbocycles. The van der Waals surface area contributed by atoms with Crippen molar-refractivity contribution in [2.75, 3.05) is 6.61 Å². The van der Waals surface area contributed by atoms with Gasteiger partial charge in [0.25, 0.3) is 0 Å². The number of carbonyl (C=O) groups is 4. The second-order valence-electron chi connectivity index (χ2n) is 8.00. The molecule has 0 bridgehead atoms. The third-order valence-corrected chi connectivity index (χ3v) is 5.56. The van der Waals surface area contributed by atoms with Crippen LogP contribution in [0.4, 0.5) is 0 Å². The molecule has 0 saturated heterocycles. The van der Waals surface area contributed by atoms with Gasteiger partial charge in [-0.2, -0.15) is 0 Å². The monoisotopic (exact) mass is 416 g/mol. The Bertz CT molecular complexity index is 775. The molecule has 0 aromatic carbocycles. The maximum Gasteiger partial charge on any atom is 0.309 e. The van der Waals surface area contributed by atoms with Crippen molar-refractivity contribution in [2.24, 2.45) is 11.8 Å². The van der Waals surface area contributed by atoms with Gasteiger partial charge in [-0.15, -0.1) is 0 Å². The first-order valence-electron chi connectivity index (χ1n) is 10.8. The Morgan fingerprint density at radius 2 is 1.63 bits per heavy atom. The molecule has 0 spiro atoms. The van der Waals surface area contributed by atoms with Crippen LogP contribution in [-0.2, 0) is 23.9 Å². The highest BCUT2D eigenvalue weighted by atomic mass is 16.5. The topological polar surface area (TPSA) is 97.7 Å². The van der Waals surface area contributed by atoms with Crippen molar-refractivity contribution in [2.45, 2.75) is 72.1 Å². The molecule has 2 fully saturated rings. The van der Waals surface area contributed by atoms with Crippen molar-refractivity contribution >= 4 is 23.3 Å². The number of ketones is 3. The standard InChI is InChI=1S/C13H16O5.C11H16O/c1-2-18-13(17)8-5-9(14)11(10(15)6-8)12(16)7-3-4-7;1-3-4-5-6-10-9(2)7-8-11(10)12/h7-8,16H,2-6H2,1H3;4-5H,3,6-8H2,1-2H3/b;5-4-. The van der Waals surface area contributed by atoms with Crippen molar-refractivity contribution in [1.29, 1.82) is 0 Å².